The Labute approximate surface area is 111 Å². The molecule has 0 unspecified atom stereocenters. The van der Waals surface area contributed by atoms with Crippen molar-refractivity contribution >= 4 is 29.1 Å². The van der Waals surface area contributed by atoms with Crippen LogP contribution in [0.1, 0.15) is 25.3 Å². The number of rotatable bonds is 2. The Morgan fingerprint density at radius 1 is 1.22 bits per heavy atom. The van der Waals surface area contributed by atoms with E-state index in [0.717, 1.165) is 16.2 Å². The van der Waals surface area contributed by atoms with Crippen LogP contribution in [0.3, 0.4) is 0 Å². The highest BCUT2D eigenvalue weighted by Crippen LogP contribution is 2.22. The third kappa shape index (κ3) is 1.95. The fourth-order valence-corrected chi connectivity index (χ4v) is 2.54. The van der Waals surface area contributed by atoms with Crippen molar-refractivity contribution in [2.24, 2.45) is 0 Å². The van der Waals surface area contributed by atoms with E-state index in [1.54, 1.807) is 4.52 Å². The van der Waals surface area contributed by atoms with Crippen molar-refractivity contribution in [3.05, 3.63) is 36.0 Å². The Morgan fingerprint density at radius 3 is 2.56 bits per heavy atom. The number of aromatic nitrogens is 3. The van der Waals surface area contributed by atoms with Crippen molar-refractivity contribution in [1.29, 1.82) is 0 Å². The van der Waals surface area contributed by atoms with Gasteiger partial charge in [-0.25, -0.2) is 9.50 Å². The first-order valence-electron chi connectivity index (χ1n) is 5.85. The zero-order valence-corrected chi connectivity index (χ0v) is 11.1. The predicted molar refractivity (Wildman–Crippen MR) is 75.8 cm³/mol. The summed E-state index contributed by atoms with van der Waals surface area (Å²) in [6.45, 7) is 4.38. The molecule has 3 aromatic rings. The molecule has 1 aromatic carbocycles. The van der Waals surface area contributed by atoms with Crippen LogP contribution in [0, 0.1) is 0 Å². The molecule has 88 valence electrons. The van der Waals surface area contributed by atoms with E-state index in [9.17, 15) is 0 Å². The average Bonchev–Trinajstić information content (AvgIpc) is 2.86. The highest BCUT2D eigenvalue weighted by Gasteiger charge is 2.08. The van der Waals surface area contributed by atoms with Crippen LogP contribution in [0.4, 0.5) is 0 Å². The zero-order chi connectivity index (χ0) is 12.7. The first-order chi connectivity index (χ1) is 8.63. The number of nitrogens with zero attached hydrogens (tertiary/aromatic N) is 3. The lowest BCUT2D eigenvalue weighted by molar-refractivity contribution is 0.867. The molecule has 3 rings (SSSR count). The van der Waals surface area contributed by atoms with Crippen LogP contribution in [-0.4, -0.2) is 22.4 Å². The molecule has 0 saturated carbocycles. The fraction of sp³-hybridized carbons (Fsp3) is 0.231. The SMILES string of the molecule is [B]c1nn2cc(-c3ccc(C(C)C)cc3)nc2s1. The quantitative estimate of drug-likeness (QED) is 0.656. The van der Waals surface area contributed by atoms with Crippen LogP contribution >= 0.6 is 11.3 Å². The second-order valence-electron chi connectivity index (χ2n) is 4.57. The molecule has 5 heteroatoms. The summed E-state index contributed by atoms with van der Waals surface area (Å²) in [6.07, 6.45) is 1.91. The van der Waals surface area contributed by atoms with E-state index >= 15 is 0 Å². The minimum Gasteiger partial charge on any atom is -0.217 e. The summed E-state index contributed by atoms with van der Waals surface area (Å²) < 4.78 is 1.73. The molecule has 3 nitrogen and oxygen atoms in total. The van der Waals surface area contributed by atoms with Crippen LogP contribution in [0.5, 0.6) is 0 Å². The zero-order valence-electron chi connectivity index (χ0n) is 10.3. The molecular weight excluding hydrogens is 241 g/mol. The van der Waals surface area contributed by atoms with Gasteiger partial charge in [0.25, 0.3) is 0 Å². The molecule has 0 atom stereocenters. The number of benzene rings is 1. The molecule has 0 aliphatic rings. The van der Waals surface area contributed by atoms with Crippen LogP contribution in [0.15, 0.2) is 30.5 Å². The molecule has 0 aliphatic heterocycles. The van der Waals surface area contributed by atoms with Gasteiger partial charge in [-0.3, -0.25) is 0 Å². The Balaban J connectivity index is 2.00. The average molecular weight is 253 g/mol. The van der Waals surface area contributed by atoms with Crippen LogP contribution < -0.4 is 4.91 Å². The van der Waals surface area contributed by atoms with Gasteiger partial charge in [-0.2, -0.15) is 5.10 Å². The van der Waals surface area contributed by atoms with Crippen LogP contribution in [0.25, 0.3) is 16.2 Å². The molecule has 0 fully saturated rings. The molecule has 2 radical (unpaired) electrons. The molecule has 0 N–H and O–H groups in total. The first-order valence-corrected chi connectivity index (χ1v) is 6.67. The molecule has 0 spiro atoms. The van der Waals surface area contributed by atoms with Crippen molar-refractivity contribution in [2.75, 3.05) is 0 Å². The topological polar surface area (TPSA) is 30.2 Å². The summed E-state index contributed by atoms with van der Waals surface area (Å²) >= 11 is 1.39. The van der Waals surface area contributed by atoms with Crippen molar-refractivity contribution in [3.8, 4) is 11.3 Å². The monoisotopic (exact) mass is 253 g/mol. The maximum atomic E-state index is 5.62. The summed E-state index contributed by atoms with van der Waals surface area (Å²) in [4.78, 5) is 5.89. The number of hydrogen-bond acceptors (Lipinski definition) is 3. The third-order valence-electron chi connectivity index (χ3n) is 2.93. The normalized spacial score (nSPS) is 11.5. The molecular formula is C13H12BN3S. The first kappa shape index (κ1) is 11.5. The number of fused-ring (bicyclic) bond motifs is 1. The summed E-state index contributed by atoms with van der Waals surface area (Å²) in [6, 6.07) is 8.50. The van der Waals surface area contributed by atoms with Crippen LogP contribution in [0.2, 0.25) is 0 Å². The molecule has 0 amide bonds. The third-order valence-corrected chi connectivity index (χ3v) is 3.68. The standard InChI is InChI=1S/C13H12BN3S/c1-8(2)9-3-5-10(6-4-9)11-7-17-13(15-11)18-12(14)16-17/h3-8H,1-2H3. The summed E-state index contributed by atoms with van der Waals surface area (Å²) in [5, 5.41) is 4.16. The lowest BCUT2D eigenvalue weighted by Crippen LogP contribution is -2.00. The summed E-state index contributed by atoms with van der Waals surface area (Å²) in [5.74, 6) is 0.547. The molecule has 2 heterocycles. The van der Waals surface area contributed by atoms with E-state index in [4.69, 9.17) is 7.85 Å². The van der Waals surface area contributed by atoms with Crippen molar-refractivity contribution < 1.29 is 0 Å². The van der Waals surface area contributed by atoms with Crippen molar-refractivity contribution in [2.45, 2.75) is 19.8 Å². The van der Waals surface area contributed by atoms with Gasteiger partial charge in [0, 0.05) is 5.56 Å². The van der Waals surface area contributed by atoms with Gasteiger partial charge in [-0.15, -0.1) is 0 Å². The van der Waals surface area contributed by atoms with Gasteiger partial charge in [0.15, 0.2) is 7.85 Å². The Morgan fingerprint density at radius 2 is 1.94 bits per heavy atom. The van der Waals surface area contributed by atoms with Crippen LogP contribution in [-0.2, 0) is 0 Å². The molecule has 0 aliphatic carbocycles. The Hall–Kier alpha value is -1.62. The second kappa shape index (κ2) is 4.25. The highest BCUT2D eigenvalue weighted by atomic mass is 32.1. The van der Waals surface area contributed by atoms with Gasteiger partial charge in [0.05, 0.1) is 16.8 Å². The lowest BCUT2D eigenvalue weighted by Gasteiger charge is -2.05. The molecule has 18 heavy (non-hydrogen) atoms. The van der Waals surface area contributed by atoms with E-state index in [1.165, 1.54) is 16.9 Å². The largest absolute Gasteiger partial charge is 0.217 e. The Kier molecular flexibility index (Phi) is 2.71. The lowest BCUT2D eigenvalue weighted by atomic mass is 10.0. The van der Waals surface area contributed by atoms with E-state index in [1.807, 2.05) is 6.20 Å². The van der Waals surface area contributed by atoms with Gasteiger partial charge >= 0.3 is 0 Å². The van der Waals surface area contributed by atoms with Crippen molar-refractivity contribution in [3.63, 3.8) is 0 Å². The predicted octanol–water partition coefficient (Wildman–Crippen LogP) is 2.38. The van der Waals surface area contributed by atoms with E-state index in [-0.39, 0.29) is 0 Å². The smallest absolute Gasteiger partial charge is 0.211 e. The molecule has 2 aromatic heterocycles. The van der Waals surface area contributed by atoms with Gasteiger partial charge in [-0.05, 0) is 11.5 Å². The molecule has 0 bridgehead atoms. The van der Waals surface area contributed by atoms with Gasteiger partial charge in [0.2, 0.25) is 4.96 Å². The van der Waals surface area contributed by atoms with Gasteiger partial charge in [0.1, 0.15) is 0 Å². The highest BCUT2D eigenvalue weighted by molar-refractivity contribution is 7.23. The summed E-state index contributed by atoms with van der Waals surface area (Å²) in [5.41, 5.74) is 3.38. The minimum atomic E-state index is 0.541. The van der Waals surface area contributed by atoms with E-state index in [0.29, 0.717) is 10.8 Å². The summed E-state index contributed by atoms with van der Waals surface area (Å²) in [7, 11) is 5.62. The van der Waals surface area contributed by atoms with Gasteiger partial charge < -0.3 is 0 Å². The van der Waals surface area contributed by atoms with Crippen molar-refractivity contribution in [1.82, 2.24) is 14.6 Å². The number of imidazole rings is 1. The van der Waals surface area contributed by atoms with Gasteiger partial charge in [-0.1, -0.05) is 49.4 Å². The van der Waals surface area contributed by atoms with E-state index in [2.05, 4.69) is 48.2 Å². The number of hydrogen-bond donors (Lipinski definition) is 0. The second-order valence-corrected chi connectivity index (χ2v) is 5.56. The maximum Gasteiger partial charge on any atom is 0.211 e. The Bertz CT molecular complexity index is 650. The molecule has 0 saturated heterocycles. The van der Waals surface area contributed by atoms with E-state index < -0.39 is 0 Å². The maximum absolute atomic E-state index is 5.62. The fourth-order valence-electron chi connectivity index (χ4n) is 1.89. The minimum absolute atomic E-state index is 0.541.